The number of benzene rings is 1. The van der Waals surface area contributed by atoms with Gasteiger partial charge in [-0.2, -0.15) is 0 Å². The number of H-pyrrole nitrogens is 1. The summed E-state index contributed by atoms with van der Waals surface area (Å²) in [5, 5.41) is 9.45. The molecule has 0 spiro atoms. The van der Waals surface area contributed by atoms with Crippen LogP contribution in [0.1, 0.15) is 24.5 Å². The molecule has 134 valence electrons. The van der Waals surface area contributed by atoms with Gasteiger partial charge < -0.3 is 19.7 Å². The molecule has 0 saturated heterocycles. The molecular formula is C20H26N2O3. The Hall–Kier alpha value is -2.37. The highest BCUT2D eigenvalue weighted by Crippen LogP contribution is 2.15. The molecule has 1 unspecified atom stereocenters. The number of pyridine rings is 1. The molecule has 5 heteroatoms. The van der Waals surface area contributed by atoms with Crippen LogP contribution in [0.15, 0.2) is 47.4 Å². The normalized spacial score (nSPS) is 12.4. The van der Waals surface area contributed by atoms with Crippen LogP contribution in [0.3, 0.4) is 0 Å². The van der Waals surface area contributed by atoms with Crippen molar-refractivity contribution in [3.05, 3.63) is 64.1 Å². The van der Waals surface area contributed by atoms with Gasteiger partial charge in [0.1, 0.15) is 0 Å². The zero-order valence-electron chi connectivity index (χ0n) is 14.8. The van der Waals surface area contributed by atoms with Gasteiger partial charge in [0.25, 0.3) is 0 Å². The molecule has 1 aromatic carbocycles. The number of nitrogens with zero attached hydrogens (tertiary/aromatic N) is 1. The lowest BCUT2D eigenvalue weighted by Crippen LogP contribution is -2.24. The van der Waals surface area contributed by atoms with E-state index in [4.69, 9.17) is 4.74 Å². The largest absolute Gasteiger partial charge is 0.391 e. The van der Waals surface area contributed by atoms with Crippen molar-refractivity contribution in [3.8, 4) is 0 Å². The average Bonchev–Trinajstić information content (AvgIpc) is 2.64. The third-order valence-corrected chi connectivity index (χ3v) is 3.96. The fraction of sp³-hybridized carbons (Fsp3) is 0.350. The molecule has 0 aliphatic carbocycles. The van der Waals surface area contributed by atoms with Gasteiger partial charge in [-0.25, -0.2) is 0 Å². The van der Waals surface area contributed by atoms with Crippen molar-refractivity contribution < 1.29 is 9.84 Å². The monoisotopic (exact) mass is 342 g/mol. The number of hydrogen-bond donors (Lipinski definition) is 2. The van der Waals surface area contributed by atoms with E-state index >= 15 is 0 Å². The Morgan fingerprint density at radius 3 is 2.48 bits per heavy atom. The Morgan fingerprint density at radius 1 is 1.16 bits per heavy atom. The molecule has 2 rings (SSSR count). The Bertz CT molecular complexity index is 702. The first-order chi connectivity index (χ1) is 12.1. The van der Waals surface area contributed by atoms with E-state index in [1.807, 2.05) is 26.1 Å². The summed E-state index contributed by atoms with van der Waals surface area (Å²) in [4.78, 5) is 15.8. The number of ether oxygens (including phenoxy) is 1. The summed E-state index contributed by atoms with van der Waals surface area (Å²) in [6.45, 7) is 3.68. The van der Waals surface area contributed by atoms with Gasteiger partial charge >= 0.3 is 0 Å². The van der Waals surface area contributed by atoms with Crippen LogP contribution in [-0.4, -0.2) is 43.0 Å². The molecule has 25 heavy (non-hydrogen) atoms. The molecule has 0 aliphatic heterocycles. The molecule has 0 bridgehead atoms. The lowest BCUT2D eigenvalue weighted by atomic mass is 10.1. The molecule has 0 amide bonds. The highest BCUT2D eigenvalue weighted by atomic mass is 16.5. The predicted molar refractivity (Wildman–Crippen MR) is 103 cm³/mol. The fourth-order valence-electron chi connectivity index (χ4n) is 2.23. The van der Waals surface area contributed by atoms with Gasteiger partial charge in [-0.15, -0.1) is 0 Å². The van der Waals surface area contributed by atoms with Gasteiger partial charge in [-0.05, 0) is 35.7 Å². The molecule has 0 fully saturated rings. The Labute approximate surface area is 148 Å². The number of hydrogen-bond acceptors (Lipinski definition) is 4. The first-order valence-electron chi connectivity index (χ1n) is 8.52. The maximum Gasteiger partial charge on any atom is 0.247 e. The van der Waals surface area contributed by atoms with Crippen molar-refractivity contribution in [2.75, 3.05) is 31.7 Å². The number of aromatic nitrogens is 1. The van der Waals surface area contributed by atoms with Gasteiger partial charge in [0.2, 0.25) is 5.56 Å². The van der Waals surface area contributed by atoms with Crippen molar-refractivity contribution in [2.24, 2.45) is 0 Å². The number of aliphatic hydroxyl groups excluding tert-OH is 1. The van der Waals surface area contributed by atoms with Crippen LogP contribution < -0.4 is 10.5 Å². The van der Waals surface area contributed by atoms with Crippen LogP contribution in [0.4, 0.5) is 5.69 Å². The van der Waals surface area contributed by atoms with Crippen molar-refractivity contribution in [1.82, 2.24) is 4.98 Å². The van der Waals surface area contributed by atoms with E-state index in [1.165, 1.54) is 6.07 Å². The average molecular weight is 342 g/mol. The molecule has 1 aromatic heterocycles. The van der Waals surface area contributed by atoms with Gasteiger partial charge in [-0.1, -0.05) is 31.2 Å². The number of likely N-dealkylation sites (N-methyl/N-ethyl adjacent to an activating group) is 1. The molecule has 1 heterocycles. The lowest BCUT2D eigenvalue weighted by Gasteiger charge is -2.20. The molecule has 2 N–H and O–H groups in total. The first-order valence-corrected chi connectivity index (χ1v) is 8.52. The van der Waals surface area contributed by atoms with Crippen LogP contribution in [0, 0.1) is 0 Å². The highest BCUT2D eigenvalue weighted by molar-refractivity contribution is 5.70. The van der Waals surface area contributed by atoms with Crippen LogP contribution in [-0.2, 0) is 4.74 Å². The van der Waals surface area contributed by atoms with Crippen LogP contribution in [0.2, 0.25) is 0 Å². The quantitative estimate of drug-likeness (QED) is 0.688. The van der Waals surface area contributed by atoms with E-state index in [-0.39, 0.29) is 11.7 Å². The molecule has 0 aliphatic rings. The minimum Gasteiger partial charge on any atom is -0.391 e. The van der Waals surface area contributed by atoms with Gasteiger partial charge in [0.15, 0.2) is 0 Å². The molecular weight excluding hydrogens is 316 g/mol. The lowest BCUT2D eigenvalue weighted by molar-refractivity contribution is 0.0382. The Morgan fingerprint density at radius 2 is 1.84 bits per heavy atom. The molecule has 0 saturated carbocycles. The van der Waals surface area contributed by atoms with E-state index in [2.05, 4.69) is 34.1 Å². The fourth-order valence-corrected chi connectivity index (χ4v) is 2.23. The summed E-state index contributed by atoms with van der Waals surface area (Å²) in [5.41, 5.74) is 3.05. The topological polar surface area (TPSA) is 65.6 Å². The van der Waals surface area contributed by atoms with Gasteiger partial charge in [-0.3, -0.25) is 4.79 Å². The minimum absolute atomic E-state index is 0.0993. The van der Waals surface area contributed by atoms with Crippen LogP contribution in [0.5, 0.6) is 0 Å². The third-order valence-electron chi connectivity index (χ3n) is 3.96. The standard InChI is InChI=1S/C20H26N2O3/c1-3-19(23)15-25-13-12-22(2)18-9-6-16(7-10-18)4-5-17-8-11-20(24)21-14-17/h4-11,14,19,23H,3,12-13,15H2,1-2H3,(H,21,24)/b5-4+. The number of rotatable bonds is 9. The zero-order chi connectivity index (χ0) is 18.1. The van der Waals surface area contributed by atoms with E-state index < -0.39 is 0 Å². The van der Waals surface area contributed by atoms with E-state index in [0.717, 1.165) is 23.4 Å². The number of anilines is 1. The first kappa shape index (κ1) is 19.0. The second-order valence-electron chi connectivity index (χ2n) is 5.97. The Kier molecular flexibility index (Phi) is 7.44. The minimum atomic E-state index is -0.376. The zero-order valence-corrected chi connectivity index (χ0v) is 14.8. The van der Waals surface area contributed by atoms with Gasteiger partial charge in [0, 0.05) is 31.5 Å². The number of aromatic amines is 1. The van der Waals surface area contributed by atoms with Crippen molar-refractivity contribution in [2.45, 2.75) is 19.4 Å². The highest BCUT2D eigenvalue weighted by Gasteiger charge is 2.03. The van der Waals surface area contributed by atoms with Crippen molar-refractivity contribution in [3.63, 3.8) is 0 Å². The van der Waals surface area contributed by atoms with E-state index in [0.29, 0.717) is 19.6 Å². The van der Waals surface area contributed by atoms with E-state index in [1.54, 1.807) is 12.3 Å². The molecule has 5 nitrogen and oxygen atoms in total. The summed E-state index contributed by atoms with van der Waals surface area (Å²) in [6.07, 6.45) is 5.99. The SMILES string of the molecule is CCC(O)COCCN(C)c1ccc(/C=C/c2ccc(=O)[nH]c2)cc1. The van der Waals surface area contributed by atoms with Crippen molar-refractivity contribution in [1.29, 1.82) is 0 Å². The summed E-state index contributed by atoms with van der Waals surface area (Å²) in [6, 6.07) is 11.5. The predicted octanol–water partition coefficient (Wildman–Crippen LogP) is 2.77. The Balaban J connectivity index is 1.84. The van der Waals surface area contributed by atoms with E-state index in [9.17, 15) is 9.90 Å². The van der Waals surface area contributed by atoms with Crippen LogP contribution >= 0.6 is 0 Å². The summed E-state index contributed by atoms with van der Waals surface area (Å²) < 4.78 is 5.47. The third kappa shape index (κ3) is 6.57. The van der Waals surface area contributed by atoms with Crippen LogP contribution in [0.25, 0.3) is 12.2 Å². The number of aliphatic hydroxyl groups is 1. The summed E-state index contributed by atoms with van der Waals surface area (Å²) >= 11 is 0. The maximum atomic E-state index is 11.0. The molecule has 0 radical (unpaired) electrons. The summed E-state index contributed by atoms with van der Waals surface area (Å²) in [7, 11) is 2.02. The van der Waals surface area contributed by atoms with Crippen molar-refractivity contribution >= 4 is 17.8 Å². The second-order valence-corrected chi connectivity index (χ2v) is 5.97. The summed E-state index contributed by atoms with van der Waals surface area (Å²) in [5.74, 6) is 0. The number of nitrogens with one attached hydrogen (secondary N) is 1. The smallest absolute Gasteiger partial charge is 0.247 e. The van der Waals surface area contributed by atoms with Gasteiger partial charge in [0.05, 0.1) is 19.3 Å². The molecule has 2 aromatic rings. The molecule has 1 atom stereocenters. The maximum absolute atomic E-state index is 11.0. The second kappa shape index (κ2) is 9.81.